The van der Waals surface area contributed by atoms with Crippen LogP contribution < -0.4 is 10.1 Å². The second kappa shape index (κ2) is 6.81. The SMILES string of the molecule is CNC(C)c1ccc(Oc2cc(Cl)ccc2Cl)c(Br)c1. The number of hydrogen-bond acceptors (Lipinski definition) is 2. The van der Waals surface area contributed by atoms with Crippen LogP contribution in [0.3, 0.4) is 0 Å². The fourth-order valence-corrected chi connectivity index (χ4v) is 2.51. The van der Waals surface area contributed by atoms with Crippen LogP contribution in [-0.2, 0) is 0 Å². The highest BCUT2D eigenvalue weighted by Gasteiger charge is 2.10. The maximum Gasteiger partial charge on any atom is 0.147 e. The first-order chi connectivity index (χ1) is 9.51. The minimum atomic E-state index is 0.273. The molecule has 2 aromatic rings. The Morgan fingerprint density at radius 3 is 2.50 bits per heavy atom. The van der Waals surface area contributed by atoms with Gasteiger partial charge in [0, 0.05) is 17.1 Å². The maximum atomic E-state index is 6.09. The van der Waals surface area contributed by atoms with Gasteiger partial charge in [-0.2, -0.15) is 0 Å². The van der Waals surface area contributed by atoms with Crippen LogP contribution in [0.15, 0.2) is 40.9 Å². The van der Waals surface area contributed by atoms with E-state index in [0.717, 1.165) is 4.47 Å². The van der Waals surface area contributed by atoms with Gasteiger partial charge in [0.2, 0.25) is 0 Å². The summed E-state index contributed by atoms with van der Waals surface area (Å²) >= 11 is 15.6. The van der Waals surface area contributed by atoms with Crippen molar-refractivity contribution in [1.29, 1.82) is 0 Å². The first-order valence-corrected chi connectivity index (χ1v) is 7.65. The molecular weight excluding hydrogens is 361 g/mol. The molecule has 2 rings (SSSR count). The number of ether oxygens (including phenoxy) is 1. The predicted octanol–water partition coefficient (Wildman–Crippen LogP) is 5.83. The topological polar surface area (TPSA) is 21.3 Å². The minimum absolute atomic E-state index is 0.273. The minimum Gasteiger partial charge on any atom is -0.455 e. The lowest BCUT2D eigenvalue weighted by atomic mass is 10.1. The van der Waals surface area contributed by atoms with Gasteiger partial charge in [-0.3, -0.25) is 0 Å². The van der Waals surface area contributed by atoms with Gasteiger partial charge in [-0.05, 0) is 59.7 Å². The number of nitrogens with one attached hydrogen (secondary N) is 1. The Morgan fingerprint density at radius 1 is 1.10 bits per heavy atom. The molecule has 0 aliphatic carbocycles. The Hall–Kier alpha value is -0.740. The zero-order chi connectivity index (χ0) is 14.7. The van der Waals surface area contributed by atoms with Crippen LogP contribution in [0.1, 0.15) is 18.5 Å². The van der Waals surface area contributed by atoms with Crippen LogP contribution in [0.5, 0.6) is 11.5 Å². The Kier molecular flexibility index (Phi) is 5.33. The van der Waals surface area contributed by atoms with E-state index in [1.165, 1.54) is 5.56 Å². The van der Waals surface area contributed by atoms with Crippen LogP contribution in [0.4, 0.5) is 0 Å². The van der Waals surface area contributed by atoms with Crippen LogP contribution in [0, 0.1) is 0 Å². The summed E-state index contributed by atoms with van der Waals surface area (Å²) < 4.78 is 6.67. The van der Waals surface area contributed by atoms with Gasteiger partial charge < -0.3 is 10.1 Å². The van der Waals surface area contributed by atoms with E-state index in [9.17, 15) is 0 Å². The zero-order valence-corrected chi connectivity index (χ0v) is 14.2. The highest BCUT2D eigenvalue weighted by Crippen LogP contribution is 2.36. The molecule has 0 aliphatic rings. The van der Waals surface area contributed by atoms with Crippen molar-refractivity contribution in [3.05, 3.63) is 56.5 Å². The van der Waals surface area contributed by atoms with E-state index in [4.69, 9.17) is 27.9 Å². The van der Waals surface area contributed by atoms with Gasteiger partial charge in [0.1, 0.15) is 11.5 Å². The summed E-state index contributed by atoms with van der Waals surface area (Å²) in [4.78, 5) is 0. The molecule has 106 valence electrons. The summed E-state index contributed by atoms with van der Waals surface area (Å²) in [7, 11) is 1.93. The van der Waals surface area contributed by atoms with E-state index in [1.807, 2.05) is 25.2 Å². The van der Waals surface area contributed by atoms with Gasteiger partial charge in [0.15, 0.2) is 0 Å². The lowest BCUT2D eigenvalue weighted by molar-refractivity contribution is 0.479. The van der Waals surface area contributed by atoms with Crippen molar-refractivity contribution in [2.24, 2.45) is 0 Å². The van der Waals surface area contributed by atoms with E-state index >= 15 is 0 Å². The number of benzene rings is 2. The van der Waals surface area contributed by atoms with Gasteiger partial charge in [-0.15, -0.1) is 0 Å². The van der Waals surface area contributed by atoms with Crippen LogP contribution in [0.25, 0.3) is 0 Å². The summed E-state index contributed by atoms with van der Waals surface area (Å²) in [6.45, 7) is 2.09. The molecule has 0 radical (unpaired) electrons. The molecule has 1 unspecified atom stereocenters. The normalized spacial score (nSPS) is 12.2. The van der Waals surface area contributed by atoms with E-state index in [2.05, 4.69) is 28.2 Å². The quantitative estimate of drug-likeness (QED) is 0.726. The molecule has 0 aromatic heterocycles. The first kappa shape index (κ1) is 15.6. The Morgan fingerprint density at radius 2 is 1.85 bits per heavy atom. The van der Waals surface area contributed by atoms with Crippen molar-refractivity contribution in [2.75, 3.05) is 7.05 Å². The molecule has 0 aliphatic heterocycles. The molecule has 2 nitrogen and oxygen atoms in total. The van der Waals surface area contributed by atoms with Crippen molar-refractivity contribution < 1.29 is 4.74 Å². The fraction of sp³-hybridized carbons (Fsp3) is 0.200. The highest BCUT2D eigenvalue weighted by atomic mass is 79.9. The third-order valence-corrected chi connectivity index (χ3v) is 4.17. The molecule has 0 fully saturated rings. The molecule has 0 spiro atoms. The van der Waals surface area contributed by atoms with Crippen molar-refractivity contribution in [3.63, 3.8) is 0 Å². The zero-order valence-electron chi connectivity index (χ0n) is 11.1. The molecule has 0 bridgehead atoms. The summed E-state index contributed by atoms with van der Waals surface area (Å²) in [6, 6.07) is 11.4. The average Bonchev–Trinajstić information content (AvgIpc) is 2.44. The van der Waals surface area contributed by atoms with Crippen LogP contribution in [0.2, 0.25) is 10.0 Å². The molecular formula is C15H14BrCl2NO. The first-order valence-electron chi connectivity index (χ1n) is 6.11. The van der Waals surface area contributed by atoms with Crippen molar-refractivity contribution in [1.82, 2.24) is 5.32 Å². The number of hydrogen-bond donors (Lipinski definition) is 1. The predicted molar refractivity (Wildman–Crippen MR) is 88.2 cm³/mol. The summed E-state index contributed by atoms with van der Waals surface area (Å²) in [5, 5.41) is 4.30. The Bertz CT molecular complexity index is 619. The third-order valence-electron chi connectivity index (χ3n) is 3.00. The van der Waals surface area contributed by atoms with Gasteiger partial charge in [0.25, 0.3) is 0 Å². The smallest absolute Gasteiger partial charge is 0.147 e. The largest absolute Gasteiger partial charge is 0.455 e. The lowest BCUT2D eigenvalue weighted by Gasteiger charge is -2.14. The molecule has 5 heteroatoms. The lowest BCUT2D eigenvalue weighted by Crippen LogP contribution is -2.12. The molecule has 1 N–H and O–H groups in total. The second-order valence-electron chi connectivity index (χ2n) is 4.38. The van der Waals surface area contributed by atoms with Gasteiger partial charge in [-0.25, -0.2) is 0 Å². The van der Waals surface area contributed by atoms with E-state index in [0.29, 0.717) is 21.5 Å². The second-order valence-corrected chi connectivity index (χ2v) is 6.08. The third kappa shape index (κ3) is 3.67. The number of rotatable bonds is 4. The van der Waals surface area contributed by atoms with Gasteiger partial charge >= 0.3 is 0 Å². The molecule has 0 saturated heterocycles. The van der Waals surface area contributed by atoms with Crippen LogP contribution in [-0.4, -0.2) is 7.05 Å². The molecule has 0 heterocycles. The molecule has 20 heavy (non-hydrogen) atoms. The average molecular weight is 375 g/mol. The van der Waals surface area contributed by atoms with E-state index in [1.54, 1.807) is 18.2 Å². The van der Waals surface area contributed by atoms with Gasteiger partial charge in [0.05, 0.1) is 9.50 Å². The van der Waals surface area contributed by atoms with Crippen LogP contribution >= 0.6 is 39.1 Å². The molecule has 0 amide bonds. The molecule has 1 atom stereocenters. The summed E-state index contributed by atoms with van der Waals surface area (Å²) in [5.41, 5.74) is 1.17. The van der Waals surface area contributed by atoms with E-state index in [-0.39, 0.29) is 6.04 Å². The standard InChI is InChI=1S/C15H14BrCl2NO/c1-9(19-2)10-3-6-14(12(16)7-10)20-15-8-11(17)4-5-13(15)18/h3-9,19H,1-2H3. The molecule has 0 saturated carbocycles. The maximum absolute atomic E-state index is 6.09. The highest BCUT2D eigenvalue weighted by molar-refractivity contribution is 9.10. The number of halogens is 3. The summed E-state index contributed by atoms with van der Waals surface area (Å²) in [6.07, 6.45) is 0. The Balaban J connectivity index is 2.28. The molecule has 2 aromatic carbocycles. The van der Waals surface area contributed by atoms with Gasteiger partial charge in [-0.1, -0.05) is 29.3 Å². The fourth-order valence-electron chi connectivity index (χ4n) is 1.71. The monoisotopic (exact) mass is 373 g/mol. The van der Waals surface area contributed by atoms with E-state index < -0.39 is 0 Å². The Labute approximate surface area is 137 Å². The van der Waals surface area contributed by atoms with Crippen molar-refractivity contribution in [2.45, 2.75) is 13.0 Å². The summed E-state index contributed by atoms with van der Waals surface area (Å²) in [5.74, 6) is 1.23. The van der Waals surface area contributed by atoms with Crippen molar-refractivity contribution in [3.8, 4) is 11.5 Å². The van der Waals surface area contributed by atoms with Crippen molar-refractivity contribution >= 4 is 39.1 Å².